The zero-order valence-electron chi connectivity index (χ0n) is 14.4. The fraction of sp³-hybridized carbons (Fsp3) is 0.0400. The van der Waals surface area contributed by atoms with Crippen LogP contribution >= 0.6 is 22.6 Å². The van der Waals surface area contributed by atoms with Gasteiger partial charge in [-0.2, -0.15) is 0 Å². The average molecular weight is 446 g/mol. The maximum Gasteiger partial charge on any atom is 0.0253 e. The lowest BCUT2D eigenvalue weighted by atomic mass is 9.85. The van der Waals surface area contributed by atoms with Gasteiger partial charge in [-0.3, -0.25) is 0 Å². The molecule has 126 valence electrons. The van der Waals surface area contributed by atoms with Crippen molar-refractivity contribution in [3.05, 3.63) is 109 Å². The van der Waals surface area contributed by atoms with Gasteiger partial charge < -0.3 is 0 Å². The molecule has 0 heterocycles. The molecule has 0 amide bonds. The Morgan fingerprint density at radius 3 is 1.42 bits per heavy atom. The van der Waals surface area contributed by atoms with E-state index in [-0.39, 0.29) is 0 Å². The van der Waals surface area contributed by atoms with Crippen LogP contribution in [0.15, 0.2) is 103 Å². The molecule has 0 aliphatic rings. The predicted molar refractivity (Wildman–Crippen MR) is 120 cm³/mol. The van der Waals surface area contributed by atoms with Gasteiger partial charge in [-0.15, -0.1) is 0 Å². The molecule has 0 aliphatic heterocycles. The number of alkyl halides is 1. The van der Waals surface area contributed by atoms with Crippen molar-refractivity contribution in [3.8, 4) is 33.4 Å². The van der Waals surface area contributed by atoms with Gasteiger partial charge in [0.05, 0.1) is 0 Å². The van der Waals surface area contributed by atoms with Crippen LogP contribution in [0.4, 0.5) is 0 Å². The molecule has 0 unspecified atom stereocenters. The van der Waals surface area contributed by atoms with Crippen molar-refractivity contribution in [1.82, 2.24) is 0 Å². The molecule has 0 fully saturated rings. The van der Waals surface area contributed by atoms with E-state index in [0.717, 1.165) is 4.43 Å². The molecular weight excluding hydrogens is 427 g/mol. The summed E-state index contributed by atoms with van der Waals surface area (Å²) in [5, 5.41) is 0. The van der Waals surface area contributed by atoms with Crippen LogP contribution in [-0.4, -0.2) is 0 Å². The second kappa shape index (κ2) is 7.88. The van der Waals surface area contributed by atoms with Crippen LogP contribution in [0.2, 0.25) is 0 Å². The number of halogens is 1. The minimum atomic E-state index is 0.983. The smallest absolute Gasteiger partial charge is 0.0253 e. The fourth-order valence-corrected chi connectivity index (χ4v) is 4.09. The highest BCUT2D eigenvalue weighted by Crippen LogP contribution is 2.42. The lowest BCUT2D eigenvalue weighted by molar-refractivity contribution is 1.43. The molecule has 0 aromatic heterocycles. The zero-order chi connectivity index (χ0) is 17.8. The van der Waals surface area contributed by atoms with Crippen LogP contribution in [0.1, 0.15) is 5.56 Å². The monoisotopic (exact) mass is 446 g/mol. The highest BCUT2D eigenvalue weighted by atomic mass is 127. The minimum Gasteiger partial charge on any atom is -0.0812 e. The Labute approximate surface area is 168 Å². The highest BCUT2D eigenvalue weighted by Gasteiger charge is 2.17. The standard InChI is InChI=1S/C25H19I/c26-18-22-16-17-23(19-10-4-1-5-11-19)25(21-14-8-3-9-15-21)24(22)20-12-6-2-7-13-20/h1-17H,18H2. The predicted octanol–water partition coefficient (Wildman–Crippen LogP) is 7.62. The van der Waals surface area contributed by atoms with Crippen LogP contribution in [-0.2, 0) is 4.43 Å². The maximum absolute atomic E-state index is 2.47. The van der Waals surface area contributed by atoms with E-state index in [1.807, 2.05) is 0 Å². The molecule has 4 aromatic rings. The Morgan fingerprint density at radius 2 is 0.923 bits per heavy atom. The number of hydrogen-bond donors (Lipinski definition) is 0. The van der Waals surface area contributed by atoms with Gasteiger partial charge in [0, 0.05) is 4.43 Å². The van der Waals surface area contributed by atoms with Crippen molar-refractivity contribution in [1.29, 1.82) is 0 Å². The Morgan fingerprint density at radius 1 is 0.462 bits per heavy atom. The van der Waals surface area contributed by atoms with E-state index in [1.165, 1.54) is 38.9 Å². The normalized spacial score (nSPS) is 10.7. The van der Waals surface area contributed by atoms with Gasteiger partial charge in [0.25, 0.3) is 0 Å². The fourth-order valence-electron chi connectivity index (χ4n) is 3.45. The molecule has 0 radical (unpaired) electrons. The Balaban J connectivity index is 2.09. The molecule has 4 rings (SSSR count). The first-order valence-electron chi connectivity index (χ1n) is 8.76. The van der Waals surface area contributed by atoms with Crippen molar-refractivity contribution >= 4 is 22.6 Å². The highest BCUT2D eigenvalue weighted by molar-refractivity contribution is 14.1. The molecule has 0 saturated carbocycles. The lowest BCUT2D eigenvalue weighted by Gasteiger charge is -2.19. The number of rotatable bonds is 4. The summed E-state index contributed by atoms with van der Waals surface area (Å²) < 4.78 is 0.983. The molecule has 0 N–H and O–H groups in total. The average Bonchev–Trinajstić information content (AvgIpc) is 2.74. The molecule has 0 aliphatic carbocycles. The molecule has 26 heavy (non-hydrogen) atoms. The van der Waals surface area contributed by atoms with Crippen molar-refractivity contribution in [3.63, 3.8) is 0 Å². The van der Waals surface area contributed by atoms with Crippen molar-refractivity contribution in [2.75, 3.05) is 0 Å². The van der Waals surface area contributed by atoms with E-state index in [1.54, 1.807) is 0 Å². The molecular formula is C25H19I. The van der Waals surface area contributed by atoms with Crippen LogP contribution < -0.4 is 0 Å². The quantitative estimate of drug-likeness (QED) is 0.223. The summed E-state index contributed by atoms with van der Waals surface area (Å²) in [6.07, 6.45) is 0. The minimum absolute atomic E-state index is 0.983. The first-order chi connectivity index (χ1) is 12.9. The van der Waals surface area contributed by atoms with E-state index >= 15 is 0 Å². The van der Waals surface area contributed by atoms with E-state index < -0.39 is 0 Å². The number of hydrogen-bond acceptors (Lipinski definition) is 0. The van der Waals surface area contributed by atoms with Crippen molar-refractivity contribution in [2.45, 2.75) is 4.43 Å². The molecule has 0 spiro atoms. The third kappa shape index (κ3) is 3.32. The third-order valence-corrected chi connectivity index (χ3v) is 5.47. The van der Waals surface area contributed by atoms with E-state index in [9.17, 15) is 0 Å². The third-order valence-electron chi connectivity index (χ3n) is 4.65. The SMILES string of the molecule is ICc1ccc(-c2ccccc2)c(-c2ccccc2)c1-c1ccccc1. The van der Waals surface area contributed by atoms with Crippen molar-refractivity contribution in [2.24, 2.45) is 0 Å². The summed E-state index contributed by atoms with van der Waals surface area (Å²) in [6.45, 7) is 0. The van der Waals surface area contributed by atoms with E-state index in [4.69, 9.17) is 0 Å². The summed E-state index contributed by atoms with van der Waals surface area (Å²) in [5.74, 6) is 0. The van der Waals surface area contributed by atoms with E-state index in [0.29, 0.717) is 0 Å². The van der Waals surface area contributed by atoms with Crippen molar-refractivity contribution < 1.29 is 0 Å². The van der Waals surface area contributed by atoms with E-state index in [2.05, 4.69) is 126 Å². The summed E-state index contributed by atoms with van der Waals surface area (Å²) in [4.78, 5) is 0. The van der Waals surface area contributed by atoms with Crippen LogP contribution in [0, 0.1) is 0 Å². The Bertz CT molecular complexity index is 990. The summed E-state index contributed by atoms with van der Waals surface area (Å²) in [5.41, 5.74) is 9.10. The summed E-state index contributed by atoms with van der Waals surface area (Å²) in [7, 11) is 0. The largest absolute Gasteiger partial charge is 0.0812 e. The van der Waals surface area contributed by atoms with Crippen LogP contribution in [0.5, 0.6) is 0 Å². The zero-order valence-corrected chi connectivity index (χ0v) is 16.6. The van der Waals surface area contributed by atoms with Crippen LogP contribution in [0.25, 0.3) is 33.4 Å². The molecule has 1 heteroatoms. The van der Waals surface area contributed by atoms with Gasteiger partial charge in [-0.05, 0) is 38.9 Å². The molecule has 0 saturated heterocycles. The Kier molecular flexibility index (Phi) is 5.16. The van der Waals surface area contributed by atoms with Gasteiger partial charge in [-0.1, -0.05) is 126 Å². The summed E-state index contributed by atoms with van der Waals surface area (Å²) in [6, 6.07) is 36.7. The second-order valence-electron chi connectivity index (χ2n) is 6.25. The van der Waals surface area contributed by atoms with Crippen LogP contribution in [0.3, 0.4) is 0 Å². The second-order valence-corrected chi connectivity index (χ2v) is 7.02. The molecule has 4 aromatic carbocycles. The first kappa shape index (κ1) is 17.0. The molecule has 0 atom stereocenters. The van der Waals surface area contributed by atoms with Gasteiger partial charge in [-0.25, -0.2) is 0 Å². The molecule has 0 bridgehead atoms. The Hall–Kier alpha value is -2.39. The number of benzene rings is 4. The topological polar surface area (TPSA) is 0 Å². The lowest BCUT2D eigenvalue weighted by Crippen LogP contribution is -1.95. The molecule has 0 nitrogen and oxygen atoms in total. The van der Waals surface area contributed by atoms with Gasteiger partial charge in [0.1, 0.15) is 0 Å². The van der Waals surface area contributed by atoms with Gasteiger partial charge in [0.15, 0.2) is 0 Å². The van der Waals surface area contributed by atoms with Gasteiger partial charge >= 0.3 is 0 Å². The summed E-state index contributed by atoms with van der Waals surface area (Å²) >= 11 is 2.47. The first-order valence-corrected chi connectivity index (χ1v) is 10.3. The van der Waals surface area contributed by atoms with Gasteiger partial charge in [0.2, 0.25) is 0 Å². The maximum atomic E-state index is 2.47.